The number of unbranched alkanes of at least 4 members (excludes halogenated alkanes) is 2. The van der Waals surface area contributed by atoms with E-state index < -0.39 is 0 Å². The van der Waals surface area contributed by atoms with Gasteiger partial charge in [-0.3, -0.25) is 4.79 Å². The third-order valence-electron chi connectivity index (χ3n) is 2.73. The van der Waals surface area contributed by atoms with Crippen LogP contribution in [0.15, 0.2) is 22.7 Å². The molecule has 100 valence electrons. The van der Waals surface area contributed by atoms with Gasteiger partial charge in [-0.05, 0) is 31.0 Å². The number of rotatable bonds is 7. The second kappa shape index (κ2) is 8.14. The van der Waals surface area contributed by atoms with Crippen molar-refractivity contribution in [2.45, 2.75) is 33.1 Å². The number of amides is 1. The van der Waals surface area contributed by atoms with Crippen LogP contribution in [0.25, 0.3) is 0 Å². The zero-order valence-corrected chi connectivity index (χ0v) is 12.6. The molecule has 1 aromatic rings. The van der Waals surface area contributed by atoms with Gasteiger partial charge in [0.1, 0.15) is 0 Å². The number of hydrogen-bond donors (Lipinski definition) is 2. The summed E-state index contributed by atoms with van der Waals surface area (Å²) in [7, 11) is 0. The van der Waals surface area contributed by atoms with Gasteiger partial charge in [0.15, 0.2) is 0 Å². The maximum atomic E-state index is 11.5. The lowest BCUT2D eigenvalue weighted by Crippen LogP contribution is -2.30. The number of carbonyl (C=O) groups excluding carboxylic acids is 1. The molecule has 3 nitrogen and oxygen atoms in total. The molecule has 0 heterocycles. The first kappa shape index (κ1) is 15.0. The molecule has 0 atom stereocenters. The number of anilines is 1. The molecule has 0 spiro atoms. The van der Waals surface area contributed by atoms with E-state index >= 15 is 0 Å². The van der Waals surface area contributed by atoms with Crippen LogP contribution in [0, 0.1) is 6.92 Å². The quantitative estimate of drug-likeness (QED) is 0.757. The average molecular weight is 313 g/mol. The van der Waals surface area contributed by atoms with Crippen molar-refractivity contribution in [2.24, 2.45) is 0 Å². The van der Waals surface area contributed by atoms with Crippen molar-refractivity contribution < 1.29 is 4.79 Å². The summed E-state index contributed by atoms with van der Waals surface area (Å²) in [4.78, 5) is 11.5. The molecule has 0 aliphatic carbocycles. The van der Waals surface area contributed by atoms with E-state index in [-0.39, 0.29) is 5.91 Å². The second-order valence-electron chi connectivity index (χ2n) is 4.37. The fourth-order valence-electron chi connectivity index (χ4n) is 1.55. The Labute approximate surface area is 117 Å². The minimum Gasteiger partial charge on any atom is -0.376 e. The summed E-state index contributed by atoms with van der Waals surface area (Å²) in [6, 6.07) is 5.98. The van der Waals surface area contributed by atoms with Gasteiger partial charge in [-0.15, -0.1) is 0 Å². The molecule has 1 aromatic carbocycles. The molecule has 1 rings (SSSR count). The monoisotopic (exact) mass is 312 g/mol. The van der Waals surface area contributed by atoms with E-state index in [1.165, 1.54) is 18.4 Å². The molecule has 0 fully saturated rings. The van der Waals surface area contributed by atoms with Gasteiger partial charge in [0.2, 0.25) is 5.91 Å². The minimum atomic E-state index is 0.0443. The van der Waals surface area contributed by atoms with E-state index in [9.17, 15) is 4.79 Å². The molecule has 18 heavy (non-hydrogen) atoms. The number of hydrogen-bond acceptors (Lipinski definition) is 2. The zero-order valence-electron chi connectivity index (χ0n) is 11.1. The van der Waals surface area contributed by atoms with Crippen LogP contribution in [0.4, 0.5) is 5.69 Å². The van der Waals surface area contributed by atoms with E-state index in [0.29, 0.717) is 6.54 Å². The summed E-state index contributed by atoms with van der Waals surface area (Å²) in [5, 5.41) is 6.01. The normalized spacial score (nSPS) is 10.2. The van der Waals surface area contributed by atoms with Crippen LogP contribution in [0.3, 0.4) is 0 Å². The lowest BCUT2D eigenvalue weighted by atomic mass is 10.2. The van der Waals surface area contributed by atoms with Crippen molar-refractivity contribution in [2.75, 3.05) is 18.4 Å². The lowest BCUT2D eigenvalue weighted by molar-refractivity contribution is -0.119. The Balaban J connectivity index is 2.27. The lowest BCUT2D eigenvalue weighted by Gasteiger charge is -2.08. The zero-order chi connectivity index (χ0) is 13.4. The summed E-state index contributed by atoms with van der Waals surface area (Å²) in [5.41, 5.74) is 2.14. The molecule has 0 saturated heterocycles. The van der Waals surface area contributed by atoms with Gasteiger partial charge in [-0.1, -0.05) is 41.8 Å². The predicted octanol–water partition coefficient (Wildman–Crippen LogP) is 3.48. The molecule has 2 N–H and O–H groups in total. The topological polar surface area (TPSA) is 41.1 Å². The molecule has 0 aliphatic rings. The highest BCUT2D eigenvalue weighted by Gasteiger charge is 2.01. The molecule has 0 unspecified atom stereocenters. The van der Waals surface area contributed by atoms with E-state index in [1.54, 1.807) is 0 Å². The van der Waals surface area contributed by atoms with Gasteiger partial charge in [0.05, 0.1) is 6.54 Å². The Morgan fingerprint density at radius 1 is 1.33 bits per heavy atom. The summed E-state index contributed by atoms with van der Waals surface area (Å²) >= 11 is 3.47. The fraction of sp³-hybridized carbons (Fsp3) is 0.500. The van der Waals surface area contributed by atoms with Gasteiger partial charge >= 0.3 is 0 Å². The molecule has 1 amide bonds. The van der Waals surface area contributed by atoms with Crippen molar-refractivity contribution in [1.29, 1.82) is 0 Å². The van der Waals surface area contributed by atoms with Gasteiger partial charge in [-0.2, -0.15) is 0 Å². The molecule has 0 bridgehead atoms. The summed E-state index contributed by atoms with van der Waals surface area (Å²) in [5.74, 6) is 0.0443. The largest absolute Gasteiger partial charge is 0.376 e. The van der Waals surface area contributed by atoms with Crippen molar-refractivity contribution in [3.63, 3.8) is 0 Å². The first-order valence-electron chi connectivity index (χ1n) is 6.40. The van der Waals surface area contributed by atoms with Gasteiger partial charge < -0.3 is 10.6 Å². The van der Waals surface area contributed by atoms with E-state index in [4.69, 9.17) is 0 Å². The van der Waals surface area contributed by atoms with Crippen molar-refractivity contribution in [1.82, 2.24) is 5.32 Å². The Morgan fingerprint density at radius 3 is 2.78 bits per heavy atom. The maximum Gasteiger partial charge on any atom is 0.239 e. The molecule has 0 radical (unpaired) electrons. The predicted molar refractivity (Wildman–Crippen MR) is 79.9 cm³/mol. The van der Waals surface area contributed by atoms with E-state index in [1.807, 2.05) is 25.1 Å². The molecule has 0 aliphatic heterocycles. The minimum absolute atomic E-state index is 0.0443. The highest BCUT2D eigenvalue weighted by Crippen LogP contribution is 2.20. The Bertz CT molecular complexity index is 393. The van der Waals surface area contributed by atoms with E-state index in [0.717, 1.165) is 23.1 Å². The van der Waals surface area contributed by atoms with Crippen LogP contribution in [0.2, 0.25) is 0 Å². The fourth-order valence-corrected chi connectivity index (χ4v) is 1.93. The summed E-state index contributed by atoms with van der Waals surface area (Å²) in [6.07, 6.45) is 3.39. The third-order valence-corrected chi connectivity index (χ3v) is 3.58. The van der Waals surface area contributed by atoms with Crippen molar-refractivity contribution in [3.8, 4) is 0 Å². The van der Waals surface area contributed by atoms with Crippen LogP contribution in [-0.4, -0.2) is 19.0 Å². The van der Waals surface area contributed by atoms with Crippen LogP contribution >= 0.6 is 15.9 Å². The van der Waals surface area contributed by atoms with Gasteiger partial charge in [0.25, 0.3) is 0 Å². The summed E-state index contributed by atoms with van der Waals surface area (Å²) in [6.45, 7) is 5.28. The molecule has 0 saturated carbocycles. The van der Waals surface area contributed by atoms with Gasteiger partial charge in [-0.25, -0.2) is 0 Å². The number of benzene rings is 1. The van der Waals surface area contributed by atoms with Crippen LogP contribution < -0.4 is 10.6 Å². The third kappa shape index (κ3) is 5.54. The van der Waals surface area contributed by atoms with Crippen LogP contribution in [0.1, 0.15) is 31.7 Å². The van der Waals surface area contributed by atoms with Crippen LogP contribution in [-0.2, 0) is 4.79 Å². The Kier molecular flexibility index (Phi) is 6.80. The Hall–Kier alpha value is -1.03. The maximum absolute atomic E-state index is 11.5. The Morgan fingerprint density at radius 2 is 2.11 bits per heavy atom. The standard InChI is InChI=1S/C14H21BrN2O/c1-3-4-5-8-16-14(18)10-17-12-7-6-11(2)13(15)9-12/h6-7,9,17H,3-5,8,10H2,1-2H3,(H,16,18). The van der Waals surface area contributed by atoms with Gasteiger partial charge in [0, 0.05) is 16.7 Å². The number of carbonyl (C=O) groups is 1. The molecule has 0 aromatic heterocycles. The molecular weight excluding hydrogens is 292 g/mol. The average Bonchev–Trinajstić information content (AvgIpc) is 2.36. The van der Waals surface area contributed by atoms with Crippen molar-refractivity contribution >= 4 is 27.5 Å². The number of aryl methyl sites for hydroxylation is 1. The highest BCUT2D eigenvalue weighted by molar-refractivity contribution is 9.10. The number of nitrogens with one attached hydrogen (secondary N) is 2. The van der Waals surface area contributed by atoms with Crippen LogP contribution in [0.5, 0.6) is 0 Å². The van der Waals surface area contributed by atoms with E-state index in [2.05, 4.69) is 33.5 Å². The highest BCUT2D eigenvalue weighted by atomic mass is 79.9. The molecular formula is C14H21BrN2O. The smallest absolute Gasteiger partial charge is 0.239 e. The first-order valence-corrected chi connectivity index (χ1v) is 7.19. The van der Waals surface area contributed by atoms with Crippen molar-refractivity contribution in [3.05, 3.63) is 28.2 Å². The molecule has 4 heteroatoms. The first-order chi connectivity index (χ1) is 8.63. The summed E-state index contributed by atoms with van der Waals surface area (Å²) < 4.78 is 1.05. The second-order valence-corrected chi connectivity index (χ2v) is 5.23. The number of halogens is 1. The SMILES string of the molecule is CCCCCNC(=O)CNc1ccc(C)c(Br)c1.